The number of aryl methyl sites for hydroxylation is 1. The Morgan fingerprint density at radius 3 is 2.37 bits per heavy atom. The van der Waals surface area contributed by atoms with Crippen molar-refractivity contribution >= 4 is 28.4 Å². The number of hydrogen-bond donors (Lipinski definition) is 0. The van der Waals surface area contributed by atoms with Gasteiger partial charge < -0.3 is 14.5 Å². The number of nitro benzene ring substituents is 1. The second-order valence-electron chi connectivity index (χ2n) is 7.00. The van der Waals surface area contributed by atoms with Crippen LogP contribution in [0.2, 0.25) is 0 Å². The zero-order valence-corrected chi connectivity index (χ0v) is 16.5. The molecule has 0 saturated carbocycles. The zero-order valence-electron chi connectivity index (χ0n) is 16.5. The highest BCUT2D eigenvalue weighted by atomic mass is 16.6. The molecule has 1 aliphatic rings. The molecule has 9 heteroatoms. The van der Waals surface area contributed by atoms with Gasteiger partial charge in [0.2, 0.25) is 0 Å². The van der Waals surface area contributed by atoms with Gasteiger partial charge in [0, 0.05) is 32.2 Å². The molecule has 0 bridgehead atoms. The van der Waals surface area contributed by atoms with E-state index in [0.717, 1.165) is 22.5 Å². The van der Waals surface area contributed by atoms with E-state index in [1.54, 1.807) is 17.0 Å². The fraction of sp³-hybridized carbons (Fsp3) is 0.286. The fourth-order valence-corrected chi connectivity index (χ4v) is 3.51. The third kappa shape index (κ3) is 4.00. The minimum Gasteiger partial charge on any atom is -0.477 e. The molecule has 2 aromatic carbocycles. The molecule has 9 nitrogen and oxygen atoms in total. The first-order valence-corrected chi connectivity index (χ1v) is 9.65. The van der Waals surface area contributed by atoms with Crippen molar-refractivity contribution in [2.75, 3.05) is 37.7 Å². The number of ether oxygens (including phenoxy) is 1. The average Bonchev–Trinajstić information content (AvgIpc) is 2.77. The van der Waals surface area contributed by atoms with Gasteiger partial charge in [-0.15, -0.1) is 0 Å². The first-order chi connectivity index (χ1) is 14.5. The number of nitro groups is 1. The van der Waals surface area contributed by atoms with Crippen LogP contribution in [-0.2, 0) is 4.79 Å². The number of fused-ring (bicyclic) bond motifs is 1. The monoisotopic (exact) mass is 407 g/mol. The molecular formula is C21H21N5O4. The van der Waals surface area contributed by atoms with Gasteiger partial charge in [0.15, 0.2) is 18.2 Å². The molecule has 1 aliphatic heterocycles. The Labute approximate surface area is 173 Å². The maximum Gasteiger partial charge on any atom is 0.310 e. The lowest BCUT2D eigenvalue weighted by Gasteiger charge is -2.35. The number of amides is 1. The lowest BCUT2D eigenvalue weighted by Crippen LogP contribution is -2.50. The molecule has 0 aliphatic carbocycles. The molecule has 4 rings (SSSR count). The standard InChI is InChI=1S/C21H21N5O4/c1-15-21(23-17-7-3-2-6-16(17)22-15)25-12-10-24(11-13-25)20(27)14-30-19-9-5-4-8-18(19)26(28)29/h2-9H,10-14H2,1H3. The summed E-state index contributed by atoms with van der Waals surface area (Å²) >= 11 is 0. The summed E-state index contributed by atoms with van der Waals surface area (Å²) in [6.45, 7) is 4.00. The molecular weight excluding hydrogens is 386 g/mol. The highest BCUT2D eigenvalue weighted by Gasteiger charge is 2.24. The van der Waals surface area contributed by atoms with Gasteiger partial charge in [0.05, 0.1) is 21.7 Å². The normalized spacial score (nSPS) is 14.0. The number of piperazine rings is 1. The van der Waals surface area contributed by atoms with E-state index in [2.05, 4.69) is 9.88 Å². The van der Waals surface area contributed by atoms with E-state index < -0.39 is 4.92 Å². The molecule has 30 heavy (non-hydrogen) atoms. The molecule has 1 aromatic heterocycles. The number of rotatable bonds is 5. The molecule has 0 radical (unpaired) electrons. The van der Waals surface area contributed by atoms with Gasteiger partial charge in [-0.3, -0.25) is 14.9 Å². The van der Waals surface area contributed by atoms with E-state index in [1.165, 1.54) is 12.1 Å². The van der Waals surface area contributed by atoms with Crippen molar-refractivity contribution in [3.63, 3.8) is 0 Å². The first kappa shape index (κ1) is 19.6. The summed E-state index contributed by atoms with van der Waals surface area (Å²) < 4.78 is 5.42. The van der Waals surface area contributed by atoms with E-state index in [9.17, 15) is 14.9 Å². The topological polar surface area (TPSA) is 102 Å². The molecule has 2 heterocycles. The number of aromatic nitrogens is 2. The minimum absolute atomic E-state index is 0.0940. The highest BCUT2D eigenvalue weighted by molar-refractivity contribution is 5.79. The van der Waals surface area contributed by atoms with Gasteiger partial charge in [0.25, 0.3) is 5.91 Å². The van der Waals surface area contributed by atoms with Crippen molar-refractivity contribution in [1.29, 1.82) is 0 Å². The van der Waals surface area contributed by atoms with Crippen LogP contribution in [0.5, 0.6) is 5.75 Å². The van der Waals surface area contributed by atoms with Crippen molar-refractivity contribution < 1.29 is 14.5 Å². The SMILES string of the molecule is Cc1nc2ccccc2nc1N1CCN(C(=O)COc2ccccc2[N+](=O)[O-])CC1. The smallest absolute Gasteiger partial charge is 0.310 e. The van der Waals surface area contributed by atoms with Crippen LogP contribution >= 0.6 is 0 Å². The van der Waals surface area contributed by atoms with Crippen molar-refractivity contribution in [1.82, 2.24) is 14.9 Å². The molecule has 0 unspecified atom stereocenters. The maximum atomic E-state index is 12.5. The third-order valence-corrected chi connectivity index (χ3v) is 5.06. The summed E-state index contributed by atoms with van der Waals surface area (Å²) in [7, 11) is 0. The Balaban J connectivity index is 1.37. The number of benzene rings is 2. The van der Waals surface area contributed by atoms with E-state index in [-0.39, 0.29) is 24.0 Å². The third-order valence-electron chi connectivity index (χ3n) is 5.06. The Hall–Kier alpha value is -3.75. The second kappa shape index (κ2) is 8.32. The van der Waals surface area contributed by atoms with E-state index in [0.29, 0.717) is 26.2 Å². The quantitative estimate of drug-likeness (QED) is 0.473. The molecule has 3 aromatic rings. The van der Waals surface area contributed by atoms with Crippen molar-refractivity contribution in [3.05, 3.63) is 64.3 Å². The lowest BCUT2D eigenvalue weighted by atomic mass is 10.2. The Bertz CT molecular complexity index is 1100. The number of nitrogens with zero attached hydrogens (tertiary/aromatic N) is 5. The summed E-state index contributed by atoms with van der Waals surface area (Å²) in [6, 6.07) is 13.8. The van der Waals surface area contributed by atoms with Crippen molar-refractivity contribution in [2.45, 2.75) is 6.92 Å². The van der Waals surface area contributed by atoms with Crippen molar-refractivity contribution in [3.8, 4) is 5.75 Å². The summed E-state index contributed by atoms with van der Waals surface area (Å²) in [4.78, 5) is 36.3. The number of carbonyl (C=O) groups is 1. The lowest BCUT2D eigenvalue weighted by molar-refractivity contribution is -0.385. The predicted molar refractivity (Wildman–Crippen MR) is 112 cm³/mol. The van der Waals surface area contributed by atoms with E-state index in [1.807, 2.05) is 31.2 Å². The van der Waals surface area contributed by atoms with Crippen LogP contribution < -0.4 is 9.64 Å². The summed E-state index contributed by atoms with van der Waals surface area (Å²) in [5, 5.41) is 11.1. The van der Waals surface area contributed by atoms with Crippen LogP contribution in [0.15, 0.2) is 48.5 Å². The van der Waals surface area contributed by atoms with Crippen LogP contribution in [0, 0.1) is 17.0 Å². The Morgan fingerprint density at radius 2 is 1.67 bits per heavy atom. The van der Waals surface area contributed by atoms with Gasteiger partial charge in [-0.25, -0.2) is 9.97 Å². The van der Waals surface area contributed by atoms with Gasteiger partial charge in [-0.1, -0.05) is 24.3 Å². The average molecular weight is 407 g/mol. The number of hydrogen-bond acceptors (Lipinski definition) is 7. The van der Waals surface area contributed by atoms with Crippen LogP contribution in [0.3, 0.4) is 0 Å². The van der Waals surface area contributed by atoms with Gasteiger partial charge in [-0.2, -0.15) is 0 Å². The summed E-state index contributed by atoms with van der Waals surface area (Å²) in [5.41, 5.74) is 2.41. The van der Waals surface area contributed by atoms with Gasteiger partial charge >= 0.3 is 5.69 Å². The molecule has 0 N–H and O–H groups in total. The molecule has 1 amide bonds. The van der Waals surface area contributed by atoms with Crippen molar-refractivity contribution in [2.24, 2.45) is 0 Å². The summed E-state index contributed by atoms with van der Waals surface area (Å²) in [6.07, 6.45) is 0. The van der Waals surface area contributed by atoms with Crippen LogP contribution in [0.1, 0.15) is 5.69 Å². The molecule has 0 atom stereocenters. The Kier molecular flexibility index (Phi) is 5.42. The molecule has 1 saturated heterocycles. The molecule has 154 valence electrons. The largest absolute Gasteiger partial charge is 0.477 e. The summed E-state index contributed by atoms with van der Waals surface area (Å²) in [5.74, 6) is 0.725. The van der Waals surface area contributed by atoms with Crippen LogP contribution in [-0.4, -0.2) is 58.5 Å². The Morgan fingerprint density at radius 1 is 1.03 bits per heavy atom. The van der Waals surface area contributed by atoms with E-state index >= 15 is 0 Å². The zero-order chi connectivity index (χ0) is 21.1. The number of para-hydroxylation sites is 4. The van der Waals surface area contributed by atoms with E-state index in [4.69, 9.17) is 9.72 Å². The highest BCUT2D eigenvalue weighted by Crippen LogP contribution is 2.26. The molecule has 1 fully saturated rings. The molecule has 0 spiro atoms. The predicted octanol–water partition coefficient (Wildman–Crippen LogP) is 2.57. The number of carbonyl (C=O) groups excluding carboxylic acids is 1. The van der Waals surface area contributed by atoms with Crippen LogP contribution in [0.25, 0.3) is 11.0 Å². The maximum absolute atomic E-state index is 12.5. The first-order valence-electron chi connectivity index (χ1n) is 9.65. The second-order valence-corrected chi connectivity index (χ2v) is 7.00. The van der Waals surface area contributed by atoms with Gasteiger partial charge in [0.1, 0.15) is 0 Å². The minimum atomic E-state index is -0.522. The van der Waals surface area contributed by atoms with Gasteiger partial charge in [-0.05, 0) is 25.1 Å². The number of anilines is 1. The van der Waals surface area contributed by atoms with Crippen LogP contribution in [0.4, 0.5) is 11.5 Å². The fourth-order valence-electron chi connectivity index (χ4n) is 3.51.